The van der Waals surface area contributed by atoms with Crippen LogP contribution in [-0.2, 0) is 14.3 Å². The molecular formula is C67H129NO5. The molecule has 0 aliphatic rings. The van der Waals surface area contributed by atoms with Gasteiger partial charge in [-0.3, -0.25) is 9.59 Å². The van der Waals surface area contributed by atoms with Gasteiger partial charge in [-0.25, -0.2) is 0 Å². The average Bonchev–Trinajstić information content (AvgIpc) is 3.39. The number of esters is 1. The Labute approximate surface area is 456 Å². The molecule has 73 heavy (non-hydrogen) atoms. The van der Waals surface area contributed by atoms with Crippen LogP contribution in [0.25, 0.3) is 0 Å². The number of aliphatic hydroxyl groups excluding tert-OH is 2. The lowest BCUT2D eigenvalue weighted by molar-refractivity contribution is -0.143. The van der Waals surface area contributed by atoms with Crippen LogP contribution in [0.3, 0.4) is 0 Å². The van der Waals surface area contributed by atoms with E-state index in [2.05, 4.69) is 31.3 Å². The van der Waals surface area contributed by atoms with Crippen molar-refractivity contribution in [3.8, 4) is 0 Å². The molecule has 0 aromatic heterocycles. The summed E-state index contributed by atoms with van der Waals surface area (Å²) in [6.07, 6.45) is 77.9. The third-order valence-corrected chi connectivity index (χ3v) is 15.5. The van der Waals surface area contributed by atoms with Crippen LogP contribution in [0, 0.1) is 0 Å². The quantitative estimate of drug-likeness (QED) is 0.0320. The van der Waals surface area contributed by atoms with E-state index in [0.717, 1.165) is 57.8 Å². The molecule has 6 nitrogen and oxygen atoms in total. The molecule has 0 saturated carbocycles. The van der Waals surface area contributed by atoms with Crippen LogP contribution in [-0.4, -0.2) is 47.4 Å². The van der Waals surface area contributed by atoms with Crippen LogP contribution in [0.5, 0.6) is 0 Å². The standard InChI is InChI=1S/C67H129NO5/c1-3-5-7-9-11-13-15-17-19-21-23-24-25-26-28-29-31-35-39-43-47-51-55-59-65(70)64(63-69)68-66(71)60-56-52-48-44-40-36-33-34-38-42-46-50-54-58-62-73-67(72)61-57-53-49-45-41-37-32-30-27-22-20-18-16-14-12-10-8-6-4-2/h18,20,55,59,64-65,69-70H,3-17,19,21-54,56-58,60-63H2,1-2H3,(H,68,71)/b20-18-,59-55+. The zero-order valence-corrected chi connectivity index (χ0v) is 49.4. The first-order valence-corrected chi connectivity index (χ1v) is 33.1. The van der Waals surface area contributed by atoms with Gasteiger partial charge in [0.15, 0.2) is 0 Å². The molecule has 0 rings (SSSR count). The Morgan fingerprint density at radius 2 is 0.644 bits per heavy atom. The van der Waals surface area contributed by atoms with Crippen molar-refractivity contribution in [1.29, 1.82) is 0 Å². The van der Waals surface area contributed by atoms with E-state index in [1.807, 2.05) is 6.08 Å². The molecule has 3 N–H and O–H groups in total. The molecule has 1 amide bonds. The number of amides is 1. The normalized spacial score (nSPS) is 12.7. The molecule has 0 aliphatic carbocycles. The van der Waals surface area contributed by atoms with Crippen LogP contribution in [0.15, 0.2) is 24.3 Å². The van der Waals surface area contributed by atoms with Crippen molar-refractivity contribution >= 4 is 11.9 Å². The van der Waals surface area contributed by atoms with Gasteiger partial charge in [-0.2, -0.15) is 0 Å². The summed E-state index contributed by atoms with van der Waals surface area (Å²) >= 11 is 0. The maximum atomic E-state index is 12.5. The molecule has 0 aliphatic heterocycles. The smallest absolute Gasteiger partial charge is 0.305 e. The maximum absolute atomic E-state index is 12.5. The molecule has 432 valence electrons. The van der Waals surface area contributed by atoms with Crippen molar-refractivity contribution in [2.24, 2.45) is 0 Å². The Morgan fingerprint density at radius 1 is 0.370 bits per heavy atom. The SMILES string of the molecule is CCCCCCCC/C=C\CCCCCCCCCCCC(=O)OCCCCCCCCCCCCCCCCC(=O)NC(CO)C(O)/C=C/CCCCCCCCCCCCCCCCCCCCCCC. The summed E-state index contributed by atoms with van der Waals surface area (Å²) in [6.45, 7) is 4.91. The van der Waals surface area contributed by atoms with E-state index in [-0.39, 0.29) is 18.5 Å². The Kier molecular flexibility index (Phi) is 61.4. The summed E-state index contributed by atoms with van der Waals surface area (Å²) < 4.78 is 5.50. The fourth-order valence-electron chi connectivity index (χ4n) is 10.4. The zero-order valence-electron chi connectivity index (χ0n) is 49.4. The highest BCUT2D eigenvalue weighted by molar-refractivity contribution is 5.76. The Morgan fingerprint density at radius 3 is 0.973 bits per heavy atom. The molecule has 0 saturated heterocycles. The molecule has 0 bridgehead atoms. The van der Waals surface area contributed by atoms with E-state index in [1.54, 1.807) is 6.08 Å². The van der Waals surface area contributed by atoms with Crippen molar-refractivity contribution in [3.05, 3.63) is 24.3 Å². The molecule has 2 atom stereocenters. The van der Waals surface area contributed by atoms with Crippen molar-refractivity contribution < 1.29 is 24.5 Å². The number of aliphatic hydroxyl groups is 2. The fraction of sp³-hybridized carbons (Fsp3) is 0.910. The van der Waals surface area contributed by atoms with Gasteiger partial charge in [0.25, 0.3) is 0 Å². The van der Waals surface area contributed by atoms with Gasteiger partial charge in [0, 0.05) is 12.8 Å². The third kappa shape index (κ3) is 59.4. The summed E-state index contributed by atoms with van der Waals surface area (Å²) in [5.41, 5.74) is 0. The molecule has 0 aromatic rings. The largest absolute Gasteiger partial charge is 0.466 e. The Hall–Kier alpha value is -1.66. The van der Waals surface area contributed by atoms with Crippen molar-refractivity contribution in [1.82, 2.24) is 5.32 Å². The minimum absolute atomic E-state index is 0.00280. The van der Waals surface area contributed by atoms with Gasteiger partial charge < -0.3 is 20.3 Å². The fourth-order valence-corrected chi connectivity index (χ4v) is 10.4. The van der Waals surface area contributed by atoms with Gasteiger partial charge in [-0.05, 0) is 57.8 Å². The number of nitrogens with one attached hydrogen (secondary N) is 1. The minimum atomic E-state index is -0.853. The summed E-state index contributed by atoms with van der Waals surface area (Å²) in [6, 6.07) is -0.637. The van der Waals surface area contributed by atoms with E-state index < -0.39 is 12.1 Å². The van der Waals surface area contributed by atoms with Crippen molar-refractivity contribution in [2.75, 3.05) is 13.2 Å². The predicted molar refractivity (Wildman–Crippen MR) is 320 cm³/mol. The molecule has 0 radical (unpaired) electrons. The highest BCUT2D eigenvalue weighted by Crippen LogP contribution is 2.18. The van der Waals surface area contributed by atoms with E-state index in [0.29, 0.717) is 19.4 Å². The number of unbranched alkanes of at least 4 members (excludes halogenated alkanes) is 49. The molecule has 0 spiro atoms. The number of ether oxygens (including phenoxy) is 1. The van der Waals surface area contributed by atoms with E-state index in [4.69, 9.17) is 4.74 Å². The molecule has 0 heterocycles. The first kappa shape index (κ1) is 71.3. The van der Waals surface area contributed by atoms with Crippen LogP contribution < -0.4 is 5.32 Å². The predicted octanol–water partition coefficient (Wildman–Crippen LogP) is 21.0. The summed E-state index contributed by atoms with van der Waals surface area (Å²) in [7, 11) is 0. The third-order valence-electron chi connectivity index (χ3n) is 15.5. The summed E-state index contributed by atoms with van der Waals surface area (Å²) in [4.78, 5) is 24.6. The van der Waals surface area contributed by atoms with Crippen LogP contribution in [0.1, 0.15) is 367 Å². The van der Waals surface area contributed by atoms with Gasteiger partial charge in [0.1, 0.15) is 0 Å². The minimum Gasteiger partial charge on any atom is -0.466 e. The topological polar surface area (TPSA) is 95.9 Å². The number of rotatable bonds is 62. The molecule has 2 unspecified atom stereocenters. The lowest BCUT2D eigenvalue weighted by atomic mass is 10.0. The van der Waals surface area contributed by atoms with Gasteiger partial charge in [-0.15, -0.1) is 0 Å². The van der Waals surface area contributed by atoms with E-state index in [9.17, 15) is 19.8 Å². The monoisotopic (exact) mass is 1030 g/mol. The average molecular weight is 1030 g/mol. The summed E-state index contributed by atoms with van der Waals surface area (Å²) in [5.74, 6) is -0.0773. The van der Waals surface area contributed by atoms with Crippen molar-refractivity contribution in [2.45, 2.75) is 379 Å². The molecule has 6 heteroatoms. The zero-order chi connectivity index (χ0) is 52.9. The van der Waals surface area contributed by atoms with Crippen LogP contribution in [0.4, 0.5) is 0 Å². The molecule has 0 aromatic carbocycles. The highest BCUT2D eigenvalue weighted by Gasteiger charge is 2.18. The lowest BCUT2D eigenvalue weighted by Crippen LogP contribution is -2.45. The van der Waals surface area contributed by atoms with Gasteiger partial charge in [-0.1, -0.05) is 321 Å². The Balaban J connectivity index is 3.45. The first-order chi connectivity index (χ1) is 36.0. The van der Waals surface area contributed by atoms with Gasteiger partial charge in [0.05, 0.1) is 25.4 Å². The highest BCUT2D eigenvalue weighted by atomic mass is 16.5. The van der Waals surface area contributed by atoms with Gasteiger partial charge >= 0.3 is 5.97 Å². The lowest BCUT2D eigenvalue weighted by Gasteiger charge is -2.20. The second kappa shape index (κ2) is 62.9. The second-order valence-electron chi connectivity index (χ2n) is 22.8. The van der Waals surface area contributed by atoms with E-state index >= 15 is 0 Å². The Bertz CT molecular complexity index is 1140. The number of hydrogen-bond acceptors (Lipinski definition) is 5. The van der Waals surface area contributed by atoms with Crippen LogP contribution >= 0.6 is 0 Å². The number of carbonyl (C=O) groups excluding carboxylic acids is 2. The number of hydrogen-bond donors (Lipinski definition) is 3. The molecule has 0 fully saturated rings. The number of allylic oxidation sites excluding steroid dienone is 3. The molecular weight excluding hydrogens is 899 g/mol. The van der Waals surface area contributed by atoms with Crippen molar-refractivity contribution in [3.63, 3.8) is 0 Å². The van der Waals surface area contributed by atoms with Gasteiger partial charge in [0.2, 0.25) is 5.91 Å². The number of carbonyl (C=O) groups is 2. The summed E-state index contributed by atoms with van der Waals surface area (Å²) in [5, 5.41) is 23.2. The second-order valence-corrected chi connectivity index (χ2v) is 22.8. The van der Waals surface area contributed by atoms with Crippen LogP contribution in [0.2, 0.25) is 0 Å². The maximum Gasteiger partial charge on any atom is 0.305 e. The first-order valence-electron chi connectivity index (χ1n) is 33.1. The van der Waals surface area contributed by atoms with E-state index in [1.165, 1.54) is 283 Å².